The molecule has 0 aliphatic carbocycles. The van der Waals surface area contributed by atoms with Gasteiger partial charge in [0.15, 0.2) is 0 Å². The smallest absolute Gasteiger partial charge is 0.341 e. The Morgan fingerprint density at radius 2 is 2.00 bits per heavy atom. The van der Waals surface area contributed by atoms with E-state index in [1.165, 1.54) is 0 Å². The normalized spacial score (nSPS) is 11.0. The predicted molar refractivity (Wildman–Crippen MR) is 55.2 cm³/mol. The Kier molecular flexibility index (Phi) is 6.09. The molecule has 0 atom stereocenters. The number of amides is 2. The molecule has 0 aromatic heterocycles. The molecule has 0 radical (unpaired) electrons. The monoisotopic (exact) mass is 248 g/mol. The first-order chi connectivity index (χ1) is 5.45. The molecular formula is C5H11Cl3N2OSi. The van der Waals surface area contributed by atoms with Crippen molar-refractivity contribution in [1.82, 2.24) is 10.6 Å². The van der Waals surface area contributed by atoms with Gasteiger partial charge in [0.1, 0.15) is 0 Å². The van der Waals surface area contributed by atoms with E-state index in [4.69, 9.17) is 33.2 Å². The lowest BCUT2D eigenvalue weighted by molar-refractivity contribution is 0.243. The maximum Gasteiger partial charge on any atom is 0.341 e. The second-order valence-corrected chi connectivity index (χ2v) is 11.5. The minimum atomic E-state index is -2.49. The van der Waals surface area contributed by atoms with Crippen LogP contribution in [0.3, 0.4) is 0 Å². The van der Waals surface area contributed by atoms with Gasteiger partial charge in [-0.05, 0) is 12.5 Å². The lowest BCUT2D eigenvalue weighted by atomic mass is 10.5. The van der Waals surface area contributed by atoms with E-state index in [9.17, 15) is 4.79 Å². The first-order valence-electron chi connectivity index (χ1n) is 3.48. The molecule has 12 heavy (non-hydrogen) atoms. The molecule has 72 valence electrons. The Morgan fingerprint density at radius 1 is 1.42 bits per heavy atom. The van der Waals surface area contributed by atoms with Crippen LogP contribution in [0, 0.1) is 0 Å². The van der Waals surface area contributed by atoms with Gasteiger partial charge in [-0.3, -0.25) is 0 Å². The minimum Gasteiger partial charge on any atom is -0.341 e. The van der Waals surface area contributed by atoms with Crippen LogP contribution in [0.15, 0.2) is 0 Å². The van der Waals surface area contributed by atoms with Gasteiger partial charge in [-0.15, -0.1) is 33.2 Å². The molecule has 0 rings (SSSR count). The zero-order valence-corrected chi connectivity index (χ0v) is 9.93. The first kappa shape index (κ1) is 12.4. The second kappa shape index (κ2) is 5.91. The Morgan fingerprint density at radius 3 is 2.42 bits per heavy atom. The molecule has 2 N–H and O–H groups in total. The molecule has 2 amide bonds. The van der Waals surface area contributed by atoms with Crippen molar-refractivity contribution in [2.45, 2.75) is 12.5 Å². The third-order valence-corrected chi connectivity index (χ3v) is 3.77. The number of carbonyl (C=O) groups is 1. The predicted octanol–water partition coefficient (Wildman–Crippen LogP) is 1.96. The molecule has 0 saturated carbocycles. The summed E-state index contributed by atoms with van der Waals surface area (Å²) in [5, 5.41) is 5.03. The fraction of sp³-hybridized carbons (Fsp3) is 0.800. The van der Waals surface area contributed by atoms with E-state index in [-0.39, 0.29) is 6.03 Å². The zero-order chi connectivity index (χ0) is 9.61. The van der Waals surface area contributed by atoms with Crippen molar-refractivity contribution in [3.8, 4) is 0 Å². The molecule has 7 heteroatoms. The van der Waals surface area contributed by atoms with Crippen LogP contribution in [-0.2, 0) is 0 Å². The van der Waals surface area contributed by atoms with Gasteiger partial charge in [0.2, 0.25) is 0 Å². The third kappa shape index (κ3) is 8.45. The topological polar surface area (TPSA) is 41.1 Å². The summed E-state index contributed by atoms with van der Waals surface area (Å²) < 4.78 is 0. The average molecular weight is 250 g/mol. The minimum absolute atomic E-state index is 0.207. The molecule has 3 nitrogen and oxygen atoms in total. The Labute approximate surface area is 86.9 Å². The van der Waals surface area contributed by atoms with Gasteiger partial charge in [0, 0.05) is 13.6 Å². The average Bonchev–Trinajstić information content (AvgIpc) is 1.96. The van der Waals surface area contributed by atoms with Crippen LogP contribution in [0.4, 0.5) is 4.79 Å². The maximum atomic E-state index is 10.6. The number of urea groups is 1. The first-order valence-corrected chi connectivity index (χ1v) is 8.72. The van der Waals surface area contributed by atoms with Crippen molar-refractivity contribution < 1.29 is 4.79 Å². The lowest BCUT2D eigenvalue weighted by Gasteiger charge is -2.07. The fourth-order valence-electron chi connectivity index (χ4n) is 0.579. The summed E-state index contributed by atoms with van der Waals surface area (Å²) >= 11 is 16.9. The van der Waals surface area contributed by atoms with Crippen LogP contribution in [0.1, 0.15) is 6.42 Å². The van der Waals surface area contributed by atoms with E-state index in [2.05, 4.69) is 10.6 Å². The number of hydrogen-bond acceptors (Lipinski definition) is 1. The largest absolute Gasteiger partial charge is 0.341 e. The fourth-order valence-corrected chi connectivity index (χ4v) is 2.36. The van der Waals surface area contributed by atoms with Crippen molar-refractivity contribution in [2.24, 2.45) is 0 Å². The summed E-state index contributed by atoms with van der Waals surface area (Å²) in [6, 6.07) is -2.13. The Balaban J connectivity index is 3.28. The van der Waals surface area contributed by atoms with E-state index >= 15 is 0 Å². The molecule has 0 unspecified atom stereocenters. The highest BCUT2D eigenvalue weighted by Crippen LogP contribution is 2.25. The van der Waals surface area contributed by atoms with Gasteiger partial charge in [0.25, 0.3) is 0 Å². The summed E-state index contributed by atoms with van der Waals surface area (Å²) in [6.07, 6.45) is 0.705. The van der Waals surface area contributed by atoms with Crippen LogP contribution >= 0.6 is 33.2 Å². The van der Waals surface area contributed by atoms with Crippen LogP contribution in [0.25, 0.3) is 0 Å². The van der Waals surface area contributed by atoms with Gasteiger partial charge in [-0.25, -0.2) is 4.79 Å². The highest BCUT2D eigenvalue weighted by atomic mass is 35.8. The molecule has 0 aliphatic rings. The van der Waals surface area contributed by atoms with Crippen LogP contribution in [-0.4, -0.2) is 25.6 Å². The van der Waals surface area contributed by atoms with Crippen LogP contribution < -0.4 is 10.6 Å². The quantitative estimate of drug-likeness (QED) is 0.446. The van der Waals surface area contributed by atoms with Crippen LogP contribution in [0.5, 0.6) is 0 Å². The molecule has 0 bridgehead atoms. The summed E-state index contributed by atoms with van der Waals surface area (Å²) in [7, 11) is 1.55. The van der Waals surface area contributed by atoms with Gasteiger partial charge in [-0.2, -0.15) is 0 Å². The standard InChI is InChI=1S/C5H11Cl3N2OSi/c1-9-5(11)10-3-2-4-12(6,7)8/h2-4H2,1H3,(H2,9,10,11). The number of hydrogen-bond donors (Lipinski definition) is 2. The summed E-state index contributed by atoms with van der Waals surface area (Å²) in [6.45, 7) is 0.542. The van der Waals surface area contributed by atoms with E-state index in [1.807, 2.05) is 0 Å². The molecule has 0 heterocycles. The molecule has 0 saturated heterocycles. The molecule has 0 aromatic rings. The molecule has 0 aliphatic heterocycles. The van der Waals surface area contributed by atoms with Crippen molar-refractivity contribution in [1.29, 1.82) is 0 Å². The van der Waals surface area contributed by atoms with Crippen molar-refractivity contribution >= 4 is 45.3 Å². The van der Waals surface area contributed by atoms with E-state index in [0.717, 1.165) is 0 Å². The molecular weight excluding hydrogens is 239 g/mol. The van der Waals surface area contributed by atoms with Gasteiger partial charge in [0.05, 0.1) is 0 Å². The van der Waals surface area contributed by atoms with E-state index in [0.29, 0.717) is 19.0 Å². The van der Waals surface area contributed by atoms with E-state index in [1.54, 1.807) is 7.05 Å². The second-order valence-electron chi connectivity index (χ2n) is 2.22. The lowest BCUT2D eigenvalue weighted by Crippen LogP contribution is -2.33. The van der Waals surface area contributed by atoms with Gasteiger partial charge >= 0.3 is 12.0 Å². The highest BCUT2D eigenvalue weighted by Gasteiger charge is 2.23. The molecule has 0 fully saturated rings. The van der Waals surface area contributed by atoms with E-state index < -0.39 is 6.00 Å². The maximum absolute atomic E-state index is 10.6. The van der Waals surface area contributed by atoms with Gasteiger partial charge < -0.3 is 10.6 Å². The molecule has 0 aromatic carbocycles. The highest BCUT2D eigenvalue weighted by molar-refractivity contribution is 7.64. The van der Waals surface area contributed by atoms with Crippen LogP contribution in [0.2, 0.25) is 6.04 Å². The summed E-state index contributed by atoms with van der Waals surface area (Å²) in [4.78, 5) is 10.6. The Hall–Kier alpha value is 0.357. The number of nitrogens with one attached hydrogen (secondary N) is 2. The number of carbonyl (C=O) groups excluding carboxylic acids is 1. The number of halogens is 3. The van der Waals surface area contributed by atoms with Crippen molar-refractivity contribution in [2.75, 3.05) is 13.6 Å². The SMILES string of the molecule is CNC(=O)NCCC[Si](Cl)(Cl)Cl. The van der Waals surface area contributed by atoms with Crippen molar-refractivity contribution in [3.63, 3.8) is 0 Å². The van der Waals surface area contributed by atoms with Gasteiger partial charge in [-0.1, -0.05) is 0 Å². The summed E-state index contributed by atoms with van der Waals surface area (Å²) in [5.74, 6) is 0. The third-order valence-electron chi connectivity index (χ3n) is 1.15. The number of rotatable bonds is 4. The molecule has 0 spiro atoms. The summed E-state index contributed by atoms with van der Waals surface area (Å²) in [5.41, 5.74) is 0. The Bertz CT molecular complexity index is 150. The van der Waals surface area contributed by atoms with Crippen molar-refractivity contribution in [3.05, 3.63) is 0 Å². The zero-order valence-electron chi connectivity index (χ0n) is 6.66.